The zero-order chi connectivity index (χ0) is 10.3. The van der Waals surface area contributed by atoms with Crippen LogP contribution in [0.15, 0.2) is 18.2 Å². The number of fused-ring (bicyclic) bond motifs is 2. The number of rotatable bonds is 1. The molecular formula is C13H16O2. The van der Waals surface area contributed by atoms with Crippen molar-refractivity contribution in [3.05, 3.63) is 29.3 Å². The Morgan fingerprint density at radius 1 is 1.33 bits per heavy atom. The Bertz CT molecular complexity index is 380. The van der Waals surface area contributed by atoms with Gasteiger partial charge in [0.2, 0.25) is 0 Å². The molecule has 1 heterocycles. The quantitative estimate of drug-likeness (QED) is 0.700. The molecule has 2 nitrogen and oxygen atoms in total. The van der Waals surface area contributed by atoms with Crippen molar-refractivity contribution in [2.75, 3.05) is 13.7 Å². The molecule has 1 aliphatic carbocycles. The summed E-state index contributed by atoms with van der Waals surface area (Å²) in [6.07, 6.45) is 4.69. The van der Waals surface area contributed by atoms with E-state index in [1.165, 1.54) is 30.4 Å². The summed E-state index contributed by atoms with van der Waals surface area (Å²) >= 11 is 0. The van der Waals surface area contributed by atoms with Gasteiger partial charge in [-0.2, -0.15) is 0 Å². The lowest BCUT2D eigenvalue weighted by molar-refractivity contribution is -0.163. The third-order valence-electron chi connectivity index (χ3n) is 3.74. The van der Waals surface area contributed by atoms with E-state index in [1.807, 2.05) is 0 Å². The first-order chi connectivity index (χ1) is 7.36. The average molecular weight is 204 g/mol. The van der Waals surface area contributed by atoms with Crippen LogP contribution in [-0.4, -0.2) is 13.7 Å². The van der Waals surface area contributed by atoms with Gasteiger partial charge in [0.05, 0.1) is 19.3 Å². The summed E-state index contributed by atoms with van der Waals surface area (Å²) in [5.41, 5.74) is 2.78. The summed E-state index contributed by atoms with van der Waals surface area (Å²) in [4.78, 5) is 0. The van der Waals surface area contributed by atoms with Crippen LogP contribution in [0.3, 0.4) is 0 Å². The summed E-state index contributed by atoms with van der Waals surface area (Å²) in [7, 11) is 1.75. The minimum Gasteiger partial charge on any atom is -0.496 e. The fraction of sp³-hybridized carbons (Fsp3) is 0.538. The molecule has 0 radical (unpaired) electrons. The van der Waals surface area contributed by atoms with Crippen LogP contribution in [0, 0.1) is 0 Å². The van der Waals surface area contributed by atoms with Crippen molar-refractivity contribution in [2.45, 2.75) is 31.3 Å². The molecular weight excluding hydrogens is 188 g/mol. The monoisotopic (exact) mass is 204 g/mol. The van der Waals surface area contributed by atoms with Gasteiger partial charge in [-0.15, -0.1) is 0 Å². The third-order valence-corrected chi connectivity index (χ3v) is 3.74. The van der Waals surface area contributed by atoms with Gasteiger partial charge >= 0.3 is 0 Å². The average Bonchev–Trinajstić information content (AvgIpc) is 2.25. The number of hydrogen-bond acceptors (Lipinski definition) is 2. The highest BCUT2D eigenvalue weighted by molar-refractivity contribution is 5.45. The highest BCUT2D eigenvalue weighted by Crippen LogP contribution is 2.48. The molecule has 80 valence electrons. The lowest BCUT2D eigenvalue weighted by Crippen LogP contribution is -2.43. The van der Waals surface area contributed by atoms with Crippen molar-refractivity contribution in [3.63, 3.8) is 0 Å². The molecule has 1 aromatic carbocycles. The van der Waals surface area contributed by atoms with Crippen LogP contribution < -0.4 is 4.74 Å². The van der Waals surface area contributed by atoms with E-state index in [2.05, 4.69) is 18.2 Å². The van der Waals surface area contributed by atoms with Gasteiger partial charge in [0, 0.05) is 12.0 Å². The lowest BCUT2D eigenvalue weighted by atomic mass is 9.74. The van der Waals surface area contributed by atoms with Crippen LogP contribution in [0.5, 0.6) is 5.75 Å². The predicted molar refractivity (Wildman–Crippen MR) is 58.2 cm³/mol. The number of ether oxygens (including phenoxy) is 2. The van der Waals surface area contributed by atoms with E-state index in [1.54, 1.807) is 7.11 Å². The first kappa shape index (κ1) is 9.22. The van der Waals surface area contributed by atoms with E-state index in [4.69, 9.17) is 9.47 Å². The predicted octanol–water partition coefficient (Wildman–Crippen LogP) is 2.65. The number of hydrogen-bond donors (Lipinski definition) is 0. The molecule has 1 saturated heterocycles. The first-order valence-corrected chi connectivity index (χ1v) is 5.66. The van der Waals surface area contributed by atoms with Crippen LogP contribution in [-0.2, 0) is 16.8 Å². The van der Waals surface area contributed by atoms with E-state index in [0.29, 0.717) is 0 Å². The Morgan fingerprint density at radius 2 is 2.20 bits per heavy atom. The Morgan fingerprint density at radius 3 is 2.87 bits per heavy atom. The van der Waals surface area contributed by atoms with Crippen LogP contribution >= 0.6 is 0 Å². The highest BCUT2D eigenvalue weighted by Gasteiger charge is 2.43. The fourth-order valence-corrected chi connectivity index (χ4v) is 2.89. The van der Waals surface area contributed by atoms with Crippen LogP contribution in [0.2, 0.25) is 0 Å². The molecule has 0 N–H and O–H groups in total. The van der Waals surface area contributed by atoms with Gasteiger partial charge < -0.3 is 9.47 Å². The molecule has 15 heavy (non-hydrogen) atoms. The Labute approximate surface area is 90.2 Å². The summed E-state index contributed by atoms with van der Waals surface area (Å²) < 4.78 is 11.2. The summed E-state index contributed by atoms with van der Waals surface area (Å²) in [5, 5.41) is 0. The molecule has 0 aromatic heterocycles. The second-order valence-corrected chi connectivity index (χ2v) is 4.43. The molecule has 1 spiro atoms. The smallest absolute Gasteiger partial charge is 0.122 e. The molecule has 0 saturated carbocycles. The molecule has 0 amide bonds. The van der Waals surface area contributed by atoms with Crippen molar-refractivity contribution in [1.82, 2.24) is 0 Å². The van der Waals surface area contributed by atoms with E-state index in [-0.39, 0.29) is 5.60 Å². The molecule has 1 atom stereocenters. The molecule has 1 aliphatic heterocycles. The maximum atomic E-state index is 5.83. The SMILES string of the molecule is COc1cccc2c1CCCC21CCO1. The second-order valence-electron chi connectivity index (χ2n) is 4.43. The van der Waals surface area contributed by atoms with E-state index >= 15 is 0 Å². The largest absolute Gasteiger partial charge is 0.496 e. The number of methoxy groups -OCH3 is 1. The minimum absolute atomic E-state index is 0.0438. The standard InChI is InChI=1S/C13H16O2/c1-14-12-6-2-5-11-10(12)4-3-7-13(11)8-9-15-13/h2,5-6H,3-4,7-9H2,1H3. The fourth-order valence-electron chi connectivity index (χ4n) is 2.89. The highest BCUT2D eigenvalue weighted by atomic mass is 16.5. The summed E-state index contributed by atoms with van der Waals surface area (Å²) in [6, 6.07) is 6.33. The number of benzene rings is 1. The molecule has 2 aliphatic rings. The van der Waals surface area contributed by atoms with Crippen LogP contribution in [0.1, 0.15) is 30.4 Å². The zero-order valence-electron chi connectivity index (χ0n) is 9.08. The molecule has 0 bridgehead atoms. The maximum absolute atomic E-state index is 5.83. The Kier molecular flexibility index (Phi) is 1.99. The Balaban J connectivity index is 2.12. The van der Waals surface area contributed by atoms with Crippen LogP contribution in [0.4, 0.5) is 0 Å². The topological polar surface area (TPSA) is 18.5 Å². The normalized spacial score (nSPS) is 28.3. The first-order valence-electron chi connectivity index (χ1n) is 5.66. The van der Waals surface area contributed by atoms with Crippen molar-refractivity contribution >= 4 is 0 Å². The Hall–Kier alpha value is -1.02. The summed E-state index contributed by atoms with van der Waals surface area (Å²) in [6.45, 7) is 0.913. The van der Waals surface area contributed by atoms with Crippen molar-refractivity contribution < 1.29 is 9.47 Å². The van der Waals surface area contributed by atoms with Gasteiger partial charge in [-0.05, 0) is 30.9 Å². The van der Waals surface area contributed by atoms with Gasteiger partial charge in [-0.1, -0.05) is 12.1 Å². The maximum Gasteiger partial charge on any atom is 0.122 e. The lowest BCUT2D eigenvalue weighted by Gasteiger charge is -2.46. The van der Waals surface area contributed by atoms with Gasteiger partial charge in [0.1, 0.15) is 5.75 Å². The van der Waals surface area contributed by atoms with Gasteiger partial charge in [-0.3, -0.25) is 0 Å². The molecule has 3 rings (SSSR count). The zero-order valence-corrected chi connectivity index (χ0v) is 9.08. The third kappa shape index (κ3) is 1.21. The molecule has 1 aromatic rings. The van der Waals surface area contributed by atoms with E-state index < -0.39 is 0 Å². The van der Waals surface area contributed by atoms with Crippen molar-refractivity contribution in [2.24, 2.45) is 0 Å². The minimum atomic E-state index is 0.0438. The van der Waals surface area contributed by atoms with Crippen molar-refractivity contribution in [3.8, 4) is 5.75 Å². The van der Waals surface area contributed by atoms with Gasteiger partial charge in [0.15, 0.2) is 0 Å². The summed E-state index contributed by atoms with van der Waals surface area (Å²) in [5.74, 6) is 1.03. The van der Waals surface area contributed by atoms with Gasteiger partial charge in [0.25, 0.3) is 0 Å². The van der Waals surface area contributed by atoms with E-state index in [9.17, 15) is 0 Å². The van der Waals surface area contributed by atoms with Crippen LogP contribution in [0.25, 0.3) is 0 Å². The van der Waals surface area contributed by atoms with Crippen molar-refractivity contribution in [1.29, 1.82) is 0 Å². The van der Waals surface area contributed by atoms with E-state index in [0.717, 1.165) is 18.8 Å². The molecule has 1 fully saturated rings. The molecule has 2 heteroatoms. The second kappa shape index (κ2) is 3.24. The van der Waals surface area contributed by atoms with Gasteiger partial charge in [-0.25, -0.2) is 0 Å². The molecule has 1 unspecified atom stereocenters.